The minimum Gasteiger partial charge on any atom is -0.444 e. The number of rotatable bonds is 3. The molecule has 1 fully saturated rings. The van der Waals surface area contributed by atoms with Crippen molar-refractivity contribution >= 4 is 14.4 Å². The van der Waals surface area contributed by atoms with Gasteiger partial charge >= 0.3 is 6.09 Å². The van der Waals surface area contributed by atoms with Crippen molar-refractivity contribution in [2.45, 2.75) is 90.3 Å². The average molecular weight is 316 g/mol. The van der Waals surface area contributed by atoms with Gasteiger partial charge in [-0.15, -0.1) is 0 Å². The fourth-order valence-corrected chi connectivity index (χ4v) is 3.41. The van der Waals surface area contributed by atoms with Gasteiger partial charge in [0.2, 0.25) is 0 Å². The molecular formula is C16H33NO3Si. The molecule has 0 bridgehead atoms. The molecule has 1 aliphatic carbocycles. The summed E-state index contributed by atoms with van der Waals surface area (Å²) in [6.45, 7) is 17.0. The molecule has 0 aromatic rings. The summed E-state index contributed by atoms with van der Waals surface area (Å²) in [5.41, 5.74) is -0.438. The SMILES string of the molecule is CN(C(=O)OC(C)(C)C)C1CC(O[Si](C)(C)C(C)(C)C)C1. The summed E-state index contributed by atoms with van der Waals surface area (Å²) in [6.07, 6.45) is 1.89. The predicted octanol–water partition coefficient (Wildman–Crippen LogP) is 4.41. The van der Waals surface area contributed by atoms with E-state index >= 15 is 0 Å². The van der Waals surface area contributed by atoms with E-state index in [9.17, 15) is 4.79 Å². The van der Waals surface area contributed by atoms with Crippen LogP contribution in [0.3, 0.4) is 0 Å². The molecule has 1 rings (SSSR count). The van der Waals surface area contributed by atoms with Crippen molar-refractivity contribution in [3.05, 3.63) is 0 Å². The number of nitrogens with zero attached hydrogens (tertiary/aromatic N) is 1. The van der Waals surface area contributed by atoms with Crippen LogP contribution < -0.4 is 0 Å². The topological polar surface area (TPSA) is 38.8 Å². The van der Waals surface area contributed by atoms with Gasteiger partial charge in [0.05, 0.1) is 0 Å². The summed E-state index contributed by atoms with van der Waals surface area (Å²) in [5.74, 6) is 0. The minimum absolute atomic E-state index is 0.231. The van der Waals surface area contributed by atoms with Crippen LogP contribution in [0, 0.1) is 0 Å². The lowest BCUT2D eigenvalue weighted by molar-refractivity contribution is -0.0120. The van der Waals surface area contributed by atoms with Crippen LogP contribution in [0.5, 0.6) is 0 Å². The van der Waals surface area contributed by atoms with E-state index < -0.39 is 13.9 Å². The molecule has 0 heterocycles. The molecule has 0 aromatic heterocycles. The Morgan fingerprint density at radius 1 is 1.10 bits per heavy atom. The third kappa shape index (κ3) is 4.99. The number of carbonyl (C=O) groups excluding carboxylic acids is 1. The van der Waals surface area contributed by atoms with Crippen molar-refractivity contribution in [3.8, 4) is 0 Å². The minimum atomic E-state index is -1.70. The third-order valence-electron chi connectivity index (χ3n) is 4.57. The summed E-state index contributed by atoms with van der Waals surface area (Å²) in [4.78, 5) is 13.7. The first-order valence-corrected chi connectivity index (χ1v) is 10.8. The molecule has 0 saturated heterocycles. The highest BCUT2D eigenvalue weighted by molar-refractivity contribution is 6.74. The lowest BCUT2D eigenvalue weighted by Gasteiger charge is -2.47. The Bertz CT molecular complexity index is 376. The largest absolute Gasteiger partial charge is 0.444 e. The second-order valence-electron chi connectivity index (χ2n) is 8.72. The van der Waals surface area contributed by atoms with Crippen molar-refractivity contribution < 1.29 is 14.0 Å². The van der Waals surface area contributed by atoms with Crippen molar-refractivity contribution in [2.24, 2.45) is 0 Å². The van der Waals surface area contributed by atoms with Crippen LogP contribution in [0.2, 0.25) is 18.1 Å². The highest BCUT2D eigenvalue weighted by Gasteiger charge is 2.44. The monoisotopic (exact) mass is 315 g/mol. The predicted molar refractivity (Wildman–Crippen MR) is 89.1 cm³/mol. The number of ether oxygens (including phenoxy) is 1. The van der Waals surface area contributed by atoms with Gasteiger partial charge in [-0.2, -0.15) is 0 Å². The molecule has 0 aromatic carbocycles. The zero-order valence-corrected chi connectivity index (χ0v) is 16.2. The Kier molecular flexibility index (Phi) is 5.21. The molecule has 1 aliphatic rings. The second kappa shape index (κ2) is 5.92. The van der Waals surface area contributed by atoms with Gasteiger partial charge in [0.1, 0.15) is 5.60 Å². The van der Waals surface area contributed by atoms with E-state index in [2.05, 4.69) is 33.9 Å². The maximum absolute atomic E-state index is 12.0. The van der Waals surface area contributed by atoms with Gasteiger partial charge in [-0.05, 0) is 51.7 Å². The summed E-state index contributed by atoms with van der Waals surface area (Å²) >= 11 is 0. The second-order valence-corrected chi connectivity index (χ2v) is 13.5. The van der Waals surface area contributed by atoms with Crippen LogP contribution in [-0.4, -0.2) is 44.1 Å². The van der Waals surface area contributed by atoms with Gasteiger partial charge in [-0.1, -0.05) is 20.8 Å². The summed E-state index contributed by atoms with van der Waals surface area (Å²) in [6, 6.07) is 0.245. The highest BCUT2D eigenvalue weighted by Crippen LogP contribution is 2.40. The molecule has 0 unspecified atom stereocenters. The van der Waals surface area contributed by atoms with Crippen LogP contribution >= 0.6 is 0 Å². The molecule has 124 valence electrons. The highest BCUT2D eigenvalue weighted by atomic mass is 28.4. The van der Waals surface area contributed by atoms with Gasteiger partial charge in [-0.3, -0.25) is 0 Å². The molecule has 4 nitrogen and oxygen atoms in total. The first-order valence-electron chi connectivity index (χ1n) is 7.86. The smallest absolute Gasteiger partial charge is 0.410 e. The standard InChI is InChI=1S/C16H33NO3Si/c1-15(2,3)19-14(18)17(7)12-10-13(11-12)20-21(8,9)16(4,5)6/h12-13H,10-11H2,1-9H3. The van der Waals surface area contributed by atoms with Crippen LogP contribution in [0.4, 0.5) is 4.79 Å². The van der Waals surface area contributed by atoms with E-state index in [4.69, 9.17) is 9.16 Å². The van der Waals surface area contributed by atoms with Crippen LogP contribution in [0.25, 0.3) is 0 Å². The molecule has 0 aliphatic heterocycles. The number of carbonyl (C=O) groups is 1. The molecule has 0 atom stereocenters. The summed E-state index contributed by atoms with van der Waals surface area (Å²) < 4.78 is 11.8. The van der Waals surface area contributed by atoms with Crippen LogP contribution in [-0.2, 0) is 9.16 Å². The van der Waals surface area contributed by atoms with E-state index in [1.54, 1.807) is 4.90 Å². The summed E-state index contributed by atoms with van der Waals surface area (Å²) in [5, 5.41) is 0.231. The Hall–Kier alpha value is -0.553. The Labute approximate surface area is 131 Å². The maximum atomic E-state index is 12.0. The van der Waals surface area contributed by atoms with Gasteiger partial charge in [0.15, 0.2) is 8.32 Å². The van der Waals surface area contributed by atoms with Crippen molar-refractivity contribution in [1.82, 2.24) is 4.90 Å². The molecular weight excluding hydrogens is 282 g/mol. The van der Waals surface area contributed by atoms with Crippen LogP contribution in [0.15, 0.2) is 0 Å². The van der Waals surface area contributed by atoms with Gasteiger partial charge in [-0.25, -0.2) is 4.79 Å². The first-order chi connectivity index (χ1) is 9.23. The van der Waals surface area contributed by atoms with E-state index in [0.29, 0.717) is 6.10 Å². The number of amides is 1. The fourth-order valence-electron chi connectivity index (χ4n) is 2.03. The third-order valence-corrected chi connectivity index (χ3v) is 9.10. The zero-order valence-electron chi connectivity index (χ0n) is 15.2. The van der Waals surface area contributed by atoms with Crippen LogP contribution in [0.1, 0.15) is 54.4 Å². The van der Waals surface area contributed by atoms with Crippen molar-refractivity contribution in [1.29, 1.82) is 0 Å². The van der Waals surface area contributed by atoms with E-state index in [-0.39, 0.29) is 17.2 Å². The number of hydrogen-bond donors (Lipinski definition) is 0. The maximum Gasteiger partial charge on any atom is 0.410 e. The Morgan fingerprint density at radius 2 is 1.57 bits per heavy atom. The molecule has 1 amide bonds. The van der Waals surface area contributed by atoms with Gasteiger partial charge in [0.25, 0.3) is 0 Å². The zero-order chi connectivity index (χ0) is 16.6. The van der Waals surface area contributed by atoms with Gasteiger partial charge in [0, 0.05) is 19.2 Å². The molecule has 5 heteroatoms. The molecule has 1 saturated carbocycles. The lowest BCUT2D eigenvalue weighted by atomic mass is 9.89. The normalized spacial score (nSPS) is 23.5. The fraction of sp³-hybridized carbons (Fsp3) is 0.938. The number of hydrogen-bond acceptors (Lipinski definition) is 3. The average Bonchev–Trinajstić information content (AvgIpc) is 2.17. The molecule has 21 heavy (non-hydrogen) atoms. The van der Waals surface area contributed by atoms with Crippen molar-refractivity contribution in [3.63, 3.8) is 0 Å². The molecule has 0 radical (unpaired) electrons. The van der Waals surface area contributed by atoms with Gasteiger partial charge < -0.3 is 14.1 Å². The van der Waals surface area contributed by atoms with E-state index in [1.165, 1.54) is 0 Å². The Morgan fingerprint density at radius 3 is 1.95 bits per heavy atom. The molecule has 0 N–H and O–H groups in total. The van der Waals surface area contributed by atoms with Crippen molar-refractivity contribution in [2.75, 3.05) is 7.05 Å². The first kappa shape index (κ1) is 18.5. The molecule has 0 spiro atoms. The quantitative estimate of drug-likeness (QED) is 0.724. The Balaban J connectivity index is 2.45. The lowest BCUT2D eigenvalue weighted by Crippen LogP contribution is -2.54. The summed E-state index contributed by atoms with van der Waals surface area (Å²) in [7, 11) is 0.119. The van der Waals surface area contributed by atoms with E-state index in [0.717, 1.165) is 12.8 Å². The van der Waals surface area contributed by atoms with E-state index in [1.807, 2.05) is 27.8 Å².